The van der Waals surface area contributed by atoms with Crippen LogP contribution in [-0.4, -0.2) is 11.5 Å². The van der Waals surface area contributed by atoms with Gasteiger partial charge in [0, 0.05) is 17.8 Å². The molecule has 0 spiro atoms. The van der Waals surface area contributed by atoms with Crippen LogP contribution in [0.1, 0.15) is 29.7 Å². The molecule has 0 saturated carbocycles. The first-order valence-corrected chi connectivity index (χ1v) is 6.70. The number of pyridine rings is 1. The van der Waals surface area contributed by atoms with Crippen LogP contribution in [0.3, 0.4) is 0 Å². The minimum absolute atomic E-state index is 0.208. The molecule has 0 aliphatic rings. The van der Waals surface area contributed by atoms with Gasteiger partial charge in [-0.3, -0.25) is 0 Å². The number of anilines is 1. The maximum atomic E-state index is 5.99. The number of rotatable bonds is 5. The van der Waals surface area contributed by atoms with E-state index in [4.69, 9.17) is 5.73 Å². The van der Waals surface area contributed by atoms with Crippen molar-refractivity contribution in [3.05, 3.63) is 59.3 Å². The number of likely N-dealkylation sites (N-methyl/N-ethyl adjacent to an activating group) is 1. The number of nitrogens with two attached hydrogens (primary N) is 1. The Kier molecular flexibility index (Phi) is 4.53. The van der Waals surface area contributed by atoms with E-state index in [0.717, 1.165) is 18.5 Å². The summed E-state index contributed by atoms with van der Waals surface area (Å²) in [5.74, 6) is 0.613. The van der Waals surface area contributed by atoms with Crippen LogP contribution in [0.4, 0.5) is 5.82 Å². The van der Waals surface area contributed by atoms with Crippen LogP contribution in [0.25, 0.3) is 0 Å². The Bertz CT molecular complexity index is 537. The van der Waals surface area contributed by atoms with Crippen molar-refractivity contribution in [2.24, 2.45) is 0 Å². The first-order valence-electron chi connectivity index (χ1n) is 6.70. The van der Waals surface area contributed by atoms with Gasteiger partial charge in [-0.25, -0.2) is 4.98 Å². The predicted octanol–water partition coefficient (Wildman–Crippen LogP) is 2.87. The molecule has 3 N–H and O–H groups in total. The third-order valence-corrected chi connectivity index (χ3v) is 3.38. The number of aryl methyl sites for hydroxylation is 1. The first-order chi connectivity index (χ1) is 9.22. The van der Waals surface area contributed by atoms with Gasteiger partial charge in [0.1, 0.15) is 5.82 Å². The molecule has 0 amide bonds. The third kappa shape index (κ3) is 3.32. The van der Waals surface area contributed by atoms with Crippen LogP contribution in [0.5, 0.6) is 0 Å². The van der Waals surface area contributed by atoms with E-state index in [1.807, 2.05) is 12.1 Å². The van der Waals surface area contributed by atoms with Crippen molar-refractivity contribution in [2.75, 3.05) is 12.3 Å². The molecule has 1 unspecified atom stereocenters. The summed E-state index contributed by atoms with van der Waals surface area (Å²) >= 11 is 0. The van der Waals surface area contributed by atoms with Crippen molar-refractivity contribution in [1.82, 2.24) is 10.3 Å². The zero-order valence-electron chi connectivity index (χ0n) is 11.6. The van der Waals surface area contributed by atoms with Gasteiger partial charge in [-0.2, -0.15) is 0 Å². The maximum absolute atomic E-state index is 5.99. The summed E-state index contributed by atoms with van der Waals surface area (Å²) in [4.78, 5) is 4.18. The van der Waals surface area contributed by atoms with E-state index in [2.05, 4.69) is 48.4 Å². The normalized spacial score (nSPS) is 12.3. The highest BCUT2D eigenvalue weighted by Gasteiger charge is 2.15. The van der Waals surface area contributed by atoms with E-state index < -0.39 is 0 Å². The molecule has 0 aliphatic heterocycles. The summed E-state index contributed by atoms with van der Waals surface area (Å²) in [7, 11) is 0. The molecule has 3 nitrogen and oxygen atoms in total. The SMILES string of the molecule is CCNC(Cc1ccccc1C)c1cccnc1N. The molecule has 1 aromatic heterocycles. The highest BCUT2D eigenvalue weighted by Crippen LogP contribution is 2.23. The van der Waals surface area contributed by atoms with Gasteiger partial charge in [-0.05, 0) is 37.1 Å². The number of nitrogen functional groups attached to an aromatic ring is 1. The number of hydrogen-bond acceptors (Lipinski definition) is 3. The minimum Gasteiger partial charge on any atom is -0.383 e. The summed E-state index contributed by atoms with van der Waals surface area (Å²) in [6.45, 7) is 5.16. The lowest BCUT2D eigenvalue weighted by atomic mass is 9.96. The van der Waals surface area contributed by atoms with Gasteiger partial charge in [-0.15, -0.1) is 0 Å². The fourth-order valence-electron chi connectivity index (χ4n) is 2.32. The lowest BCUT2D eigenvalue weighted by molar-refractivity contribution is 0.549. The fourth-order valence-corrected chi connectivity index (χ4v) is 2.32. The van der Waals surface area contributed by atoms with Crippen LogP contribution in [0.2, 0.25) is 0 Å². The molecule has 1 heterocycles. The fraction of sp³-hybridized carbons (Fsp3) is 0.312. The summed E-state index contributed by atoms with van der Waals surface area (Å²) in [6, 6.07) is 12.7. The standard InChI is InChI=1S/C16H21N3/c1-3-18-15(14-9-6-10-19-16(14)17)11-13-8-5-4-7-12(13)2/h4-10,15,18H,3,11H2,1-2H3,(H2,17,19). The van der Waals surface area contributed by atoms with E-state index in [1.54, 1.807) is 6.20 Å². The van der Waals surface area contributed by atoms with E-state index >= 15 is 0 Å². The third-order valence-electron chi connectivity index (χ3n) is 3.38. The van der Waals surface area contributed by atoms with Crippen LogP contribution in [0, 0.1) is 6.92 Å². The molecule has 19 heavy (non-hydrogen) atoms. The number of aromatic nitrogens is 1. The van der Waals surface area contributed by atoms with Gasteiger partial charge in [0.15, 0.2) is 0 Å². The Morgan fingerprint density at radius 1 is 1.21 bits per heavy atom. The molecule has 2 aromatic rings. The topological polar surface area (TPSA) is 50.9 Å². The largest absolute Gasteiger partial charge is 0.383 e. The summed E-state index contributed by atoms with van der Waals surface area (Å²) in [6.07, 6.45) is 2.66. The molecule has 2 rings (SSSR count). The van der Waals surface area contributed by atoms with Crippen molar-refractivity contribution in [1.29, 1.82) is 0 Å². The lowest BCUT2D eigenvalue weighted by Gasteiger charge is -2.20. The molecule has 1 atom stereocenters. The summed E-state index contributed by atoms with van der Waals surface area (Å²) < 4.78 is 0. The molecule has 100 valence electrons. The van der Waals surface area contributed by atoms with E-state index in [-0.39, 0.29) is 6.04 Å². The van der Waals surface area contributed by atoms with Crippen molar-refractivity contribution >= 4 is 5.82 Å². The molecule has 0 saturated heterocycles. The predicted molar refractivity (Wildman–Crippen MR) is 80.0 cm³/mol. The Morgan fingerprint density at radius 3 is 2.68 bits per heavy atom. The van der Waals surface area contributed by atoms with Gasteiger partial charge in [0.2, 0.25) is 0 Å². The number of hydrogen-bond donors (Lipinski definition) is 2. The molecular weight excluding hydrogens is 234 g/mol. The Labute approximate surface area is 114 Å². The van der Waals surface area contributed by atoms with Gasteiger partial charge in [0.25, 0.3) is 0 Å². The van der Waals surface area contributed by atoms with Crippen LogP contribution >= 0.6 is 0 Å². The van der Waals surface area contributed by atoms with Gasteiger partial charge in [-0.1, -0.05) is 37.3 Å². The minimum atomic E-state index is 0.208. The summed E-state index contributed by atoms with van der Waals surface area (Å²) in [5, 5.41) is 3.50. The highest BCUT2D eigenvalue weighted by atomic mass is 14.9. The second kappa shape index (κ2) is 6.34. The summed E-state index contributed by atoms with van der Waals surface area (Å²) in [5.41, 5.74) is 9.73. The Hall–Kier alpha value is -1.87. The van der Waals surface area contributed by atoms with E-state index in [1.165, 1.54) is 11.1 Å². The van der Waals surface area contributed by atoms with Crippen LogP contribution in [-0.2, 0) is 6.42 Å². The van der Waals surface area contributed by atoms with Crippen molar-refractivity contribution < 1.29 is 0 Å². The van der Waals surface area contributed by atoms with Crippen LogP contribution in [0.15, 0.2) is 42.6 Å². The molecule has 3 heteroatoms. The van der Waals surface area contributed by atoms with Crippen molar-refractivity contribution in [3.63, 3.8) is 0 Å². The Balaban J connectivity index is 2.27. The molecule has 0 fully saturated rings. The zero-order chi connectivity index (χ0) is 13.7. The second-order valence-electron chi connectivity index (χ2n) is 4.72. The lowest BCUT2D eigenvalue weighted by Crippen LogP contribution is -2.24. The molecule has 0 bridgehead atoms. The smallest absolute Gasteiger partial charge is 0.128 e. The molecular formula is C16H21N3. The van der Waals surface area contributed by atoms with Gasteiger partial charge < -0.3 is 11.1 Å². The number of nitrogens with one attached hydrogen (secondary N) is 1. The van der Waals surface area contributed by atoms with Crippen LogP contribution < -0.4 is 11.1 Å². The average Bonchev–Trinajstić information content (AvgIpc) is 2.41. The maximum Gasteiger partial charge on any atom is 0.128 e. The Morgan fingerprint density at radius 2 is 2.00 bits per heavy atom. The zero-order valence-corrected chi connectivity index (χ0v) is 11.6. The molecule has 0 radical (unpaired) electrons. The molecule has 0 aliphatic carbocycles. The monoisotopic (exact) mass is 255 g/mol. The number of nitrogens with zero attached hydrogens (tertiary/aromatic N) is 1. The van der Waals surface area contributed by atoms with Crippen molar-refractivity contribution in [3.8, 4) is 0 Å². The van der Waals surface area contributed by atoms with Gasteiger partial charge in [0.05, 0.1) is 0 Å². The van der Waals surface area contributed by atoms with E-state index in [0.29, 0.717) is 5.82 Å². The highest BCUT2D eigenvalue weighted by molar-refractivity contribution is 5.42. The van der Waals surface area contributed by atoms with Crippen molar-refractivity contribution in [2.45, 2.75) is 26.3 Å². The van der Waals surface area contributed by atoms with Gasteiger partial charge >= 0.3 is 0 Å². The molecule has 1 aromatic carbocycles. The average molecular weight is 255 g/mol. The number of benzene rings is 1. The first kappa shape index (κ1) is 13.6. The van der Waals surface area contributed by atoms with E-state index in [9.17, 15) is 0 Å². The second-order valence-corrected chi connectivity index (χ2v) is 4.72. The quantitative estimate of drug-likeness (QED) is 0.863.